The van der Waals surface area contributed by atoms with Crippen molar-refractivity contribution in [3.63, 3.8) is 0 Å². The number of rotatable bonds is 1. The van der Waals surface area contributed by atoms with E-state index in [4.69, 9.17) is 11.6 Å². The molecule has 62 valence electrons. The van der Waals surface area contributed by atoms with Gasteiger partial charge < -0.3 is 0 Å². The monoisotopic (exact) mass is 189 g/mol. The quantitative estimate of drug-likeness (QED) is 0.619. The molecule has 0 unspecified atom stereocenters. The molecule has 0 saturated heterocycles. The van der Waals surface area contributed by atoms with E-state index < -0.39 is 0 Å². The van der Waals surface area contributed by atoms with Gasteiger partial charge in [0.15, 0.2) is 0 Å². The Bertz CT molecular complexity index is 236. The molecular weight excluding hydrogens is 178 g/mol. The van der Waals surface area contributed by atoms with Crippen LogP contribution < -0.4 is 0 Å². The van der Waals surface area contributed by atoms with Gasteiger partial charge in [0.25, 0.3) is 0 Å². The van der Waals surface area contributed by atoms with Crippen molar-refractivity contribution in [2.75, 3.05) is 0 Å². The number of alkyl halides is 1. The van der Waals surface area contributed by atoms with Gasteiger partial charge in [-0.25, -0.2) is 4.98 Å². The number of halogens is 1. The van der Waals surface area contributed by atoms with Crippen molar-refractivity contribution < 1.29 is 0 Å². The van der Waals surface area contributed by atoms with Crippen LogP contribution in [0.5, 0.6) is 0 Å². The summed E-state index contributed by atoms with van der Waals surface area (Å²) in [5.41, 5.74) is 0.162. The third-order valence-corrected chi connectivity index (χ3v) is 3.20. The zero-order valence-electron chi connectivity index (χ0n) is 7.02. The predicted molar refractivity (Wildman–Crippen MR) is 50.4 cm³/mol. The summed E-state index contributed by atoms with van der Waals surface area (Å²) >= 11 is 7.36. The highest BCUT2D eigenvalue weighted by molar-refractivity contribution is 7.11. The molecule has 1 rings (SSSR count). The maximum atomic E-state index is 5.66. The molecule has 1 nitrogen and oxygen atoms in total. The van der Waals surface area contributed by atoms with E-state index in [0.29, 0.717) is 5.88 Å². The molecule has 0 fully saturated rings. The fourth-order valence-corrected chi connectivity index (χ4v) is 1.77. The first-order chi connectivity index (χ1) is 5.04. The second-order valence-corrected chi connectivity index (χ2v) is 4.90. The van der Waals surface area contributed by atoms with Gasteiger partial charge in [-0.05, 0) is 0 Å². The number of aromatic nitrogens is 1. The van der Waals surface area contributed by atoms with Crippen LogP contribution in [0.15, 0.2) is 6.20 Å². The van der Waals surface area contributed by atoms with E-state index in [9.17, 15) is 0 Å². The third-order valence-electron chi connectivity index (χ3n) is 1.33. The summed E-state index contributed by atoms with van der Waals surface area (Å²) in [5, 5.41) is 1.16. The minimum absolute atomic E-state index is 0.162. The first-order valence-electron chi connectivity index (χ1n) is 3.55. The zero-order chi connectivity index (χ0) is 8.48. The topological polar surface area (TPSA) is 12.9 Å². The lowest BCUT2D eigenvalue weighted by atomic mass is 9.98. The molecule has 1 heterocycles. The Morgan fingerprint density at radius 3 is 2.45 bits per heavy atom. The Kier molecular flexibility index (Phi) is 2.55. The molecule has 0 radical (unpaired) electrons. The van der Waals surface area contributed by atoms with Gasteiger partial charge in [0.1, 0.15) is 0 Å². The number of thiazole rings is 1. The minimum Gasteiger partial charge on any atom is -0.249 e. The predicted octanol–water partition coefficient (Wildman–Crippen LogP) is 3.18. The summed E-state index contributed by atoms with van der Waals surface area (Å²) in [6.07, 6.45) is 1.86. The van der Waals surface area contributed by atoms with Crippen molar-refractivity contribution in [2.45, 2.75) is 32.1 Å². The van der Waals surface area contributed by atoms with Gasteiger partial charge >= 0.3 is 0 Å². The van der Waals surface area contributed by atoms with E-state index in [1.165, 1.54) is 0 Å². The van der Waals surface area contributed by atoms with Crippen molar-refractivity contribution in [3.05, 3.63) is 16.1 Å². The van der Waals surface area contributed by atoms with E-state index in [0.717, 1.165) is 9.88 Å². The second-order valence-electron chi connectivity index (χ2n) is 3.52. The fraction of sp³-hybridized carbons (Fsp3) is 0.625. The van der Waals surface area contributed by atoms with Gasteiger partial charge in [-0.2, -0.15) is 0 Å². The fourth-order valence-electron chi connectivity index (χ4n) is 0.716. The highest BCUT2D eigenvalue weighted by Crippen LogP contribution is 2.27. The smallest absolute Gasteiger partial charge is 0.0981 e. The first-order valence-corrected chi connectivity index (χ1v) is 4.90. The number of hydrogen-bond acceptors (Lipinski definition) is 2. The summed E-state index contributed by atoms with van der Waals surface area (Å²) in [6.45, 7) is 6.47. The Labute approximate surface area is 76.4 Å². The van der Waals surface area contributed by atoms with Crippen LogP contribution in [0.3, 0.4) is 0 Å². The van der Waals surface area contributed by atoms with Crippen molar-refractivity contribution in [3.8, 4) is 0 Å². The highest BCUT2D eigenvalue weighted by atomic mass is 35.5. The summed E-state index contributed by atoms with van der Waals surface area (Å²) in [4.78, 5) is 5.44. The van der Waals surface area contributed by atoms with E-state index in [1.807, 2.05) is 6.20 Å². The molecule has 0 atom stereocenters. The van der Waals surface area contributed by atoms with Gasteiger partial charge in [0.05, 0.1) is 10.9 Å². The van der Waals surface area contributed by atoms with Gasteiger partial charge in [-0.3, -0.25) is 0 Å². The molecular formula is C8H12ClNS. The average molecular weight is 190 g/mol. The van der Waals surface area contributed by atoms with Crippen molar-refractivity contribution >= 4 is 22.9 Å². The van der Waals surface area contributed by atoms with Gasteiger partial charge in [0.2, 0.25) is 0 Å². The molecule has 0 aliphatic heterocycles. The molecule has 0 amide bonds. The standard InChI is InChI=1S/C8H12ClNS/c1-8(2,3)7-10-5-6(4-9)11-7/h5H,4H2,1-3H3. The zero-order valence-corrected chi connectivity index (χ0v) is 8.59. The van der Waals surface area contributed by atoms with E-state index in [2.05, 4.69) is 25.8 Å². The van der Waals surface area contributed by atoms with Crippen LogP contribution in [-0.4, -0.2) is 4.98 Å². The molecule has 1 aromatic rings. The van der Waals surface area contributed by atoms with Crippen molar-refractivity contribution in [2.24, 2.45) is 0 Å². The molecule has 11 heavy (non-hydrogen) atoms. The second kappa shape index (κ2) is 3.11. The van der Waals surface area contributed by atoms with E-state index in [1.54, 1.807) is 11.3 Å². The third kappa shape index (κ3) is 2.17. The van der Waals surface area contributed by atoms with Crippen molar-refractivity contribution in [1.82, 2.24) is 4.98 Å². The molecule has 0 aliphatic rings. The van der Waals surface area contributed by atoms with Gasteiger partial charge in [0, 0.05) is 16.5 Å². The largest absolute Gasteiger partial charge is 0.249 e. The number of hydrogen-bond donors (Lipinski definition) is 0. The average Bonchev–Trinajstić information content (AvgIpc) is 2.32. The minimum atomic E-state index is 0.162. The Morgan fingerprint density at radius 1 is 1.55 bits per heavy atom. The summed E-state index contributed by atoms with van der Waals surface area (Å²) < 4.78 is 0. The lowest BCUT2D eigenvalue weighted by Crippen LogP contribution is -2.09. The Balaban J connectivity index is 2.89. The van der Waals surface area contributed by atoms with Crippen molar-refractivity contribution in [1.29, 1.82) is 0 Å². The lowest BCUT2D eigenvalue weighted by molar-refractivity contribution is 0.585. The summed E-state index contributed by atoms with van der Waals surface area (Å²) in [5.74, 6) is 0.577. The molecule has 0 saturated carbocycles. The van der Waals surface area contributed by atoms with Crippen LogP contribution in [0, 0.1) is 0 Å². The van der Waals surface area contributed by atoms with Crippen LogP contribution in [0.25, 0.3) is 0 Å². The van der Waals surface area contributed by atoms with Crippen LogP contribution in [-0.2, 0) is 11.3 Å². The maximum absolute atomic E-state index is 5.66. The van der Waals surface area contributed by atoms with Gasteiger partial charge in [-0.15, -0.1) is 22.9 Å². The highest BCUT2D eigenvalue weighted by Gasteiger charge is 2.17. The van der Waals surface area contributed by atoms with Crippen LogP contribution in [0.2, 0.25) is 0 Å². The molecule has 0 spiro atoms. The molecule has 0 aromatic carbocycles. The summed E-state index contributed by atoms with van der Waals surface area (Å²) in [6, 6.07) is 0. The Morgan fingerprint density at radius 2 is 2.18 bits per heavy atom. The lowest BCUT2D eigenvalue weighted by Gasteiger charge is -2.13. The normalized spacial score (nSPS) is 12.0. The Hall–Kier alpha value is -0.0800. The molecule has 3 heteroatoms. The van der Waals surface area contributed by atoms with E-state index in [-0.39, 0.29) is 5.41 Å². The van der Waals surface area contributed by atoms with Crippen LogP contribution in [0.4, 0.5) is 0 Å². The summed E-state index contributed by atoms with van der Waals surface area (Å²) in [7, 11) is 0. The van der Waals surface area contributed by atoms with E-state index >= 15 is 0 Å². The first kappa shape index (κ1) is 9.01. The molecule has 0 N–H and O–H groups in total. The van der Waals surface area contributed by atoms with Gasteiger partial charge in [-0.1, -0.05) is 20.8 Å². The van der Waals surface area contributed by atoms with Crippen LogP contribution in [0.1, 0.15) is 30.7 Å². The molecule has 0 aliphatic carbocycles. The maximum Gasteiger partial charge on any atom is 0.0981 e. The van der Waals surface area contributed by atoms with Crippen LogP contribution >= 0.6 is 22.9 Å². The molecule has 0 bridgehead atoms. The number of nitrogens with zero attached hydrogens (tertiary/aromatic N) is 1. The SMILES string of the molecule is CC(C)(C)c1ncc(CCl)s1. The molecule has 1 aromatic heterocycles.